The third kappa shape index (κ3) is 4.05. The highest BCUT2D eigenvalue weighted by Crippen LogP contribution is 2.33. The predicted molar refractivity (Wildman–Crippen MR) is 86.1 cm³/mol. The maximum absolute atomic E-state index is 12.7. The minimum Gasteiger partial charge on any atom is -0.486 e. The average molecular weight is 366 g/mol. The number of hydrogen-bond acceptors (Lipinski definition) is 4. The van der Waals surface area contributed by atoms with Crippen LogP contribution in [-0.4, -0.2) is 25.0 Å². The van der Waals surface area contributed by atoms with Crippen LogP contribution in [0.2, 0.25) is 0 Å². The van der Waals surface area contributed by atoms with Crippen molar-refractivity contribution in [3.05, 3.63) is 48.0 Å². The van der Waals surface area contributed by atoms with Crippen molar-refractivity contribution < 1.29 is 32.2 Å². The van der Waals surface area contributed by atoms with Crippen molar-refractivity contribution in [1.82, 2.24) is 0 Å². The monoisotopic (exact) mass is 366 g/mol. The third-order valence-corrected chi connectivity index (χ3v) is 3.45. The van der Waals surface area contributed by atoms with Crippen LogP contribution in [0.15, 0.2) is 42.5 Å². The van der Waals surface area contributed by atoms with Crippen molar-refractivity contribution in [2.45, 2.75) is 6.18 Å². The summed E-state index contributed by atoms with van der Waals surface area (Å²) in [4.78, 5) is 23.9. The lowest BCUT2D eigenvalue weighted by molar-refractivity contribution is -0.137. The molecule has 2 aromatic carbocycles. The number of hydrogen-bond donors (Lipinski definition) is 2. The number of ether oxygens (including phenoxy) is 2. The topological polar surface area (TPSA) is 76.7 Å². The second kappa shape index (κ2) is 6.95. The van der Waals surface area contributed by atoms with Crippen LogP contribution in [-0.2, 0) is 15.8 Å². The molecule has 26 heavy (non-hydrogen) atoms. The van der Waals surface area contributed by atoms with Crippen molar-refractivity contribution in [2.75, 3.05) is 23.8 Å². The Labute approximate surface area is 145 Å². The van der Waals surface area contributed by atoms with E-state index in [0.29, 0.717) is 30.4 Å². The number of fused-ring (bicyclic) bond motifs is 1. The molecule has 0 saturated heterocycles. The number of carbonyl (C=O) groups is 2. The summed E-state index contributed by atoms with van der Waals surface area (Å²) in [5.41, 5.74) is -0.775. The van der Waals surface area contributed by atoms with E-state index in [2.05, 4.69) is 10.6 Å². The van der Waals surface area contributed by atoms with Crippen LogP contribution in [0.4, 0.5) is 24.5 Å². The maximum Gasteiger partial charge on any atom is 0.416 e. The molecule has 6 nitrogen and oxygen atoms in total. The summed E-state index contributed by atoms with van der Waals surface area (Å²) >= 11 is 0. The zero-order valence-electron chi connectivity index (χ0n) is 13.2. The van der Waals surface area contributed by atoms with Gasteiger partial charge in [0, 0.05) is 17.4 Å². The largest absolute Gasteiger partial charge is 0.486 e. The first-order valence-electron chi connectivity index (χ1n) is 7.52. The summed E-state index contributed by atoms with van der Waals surface area (Å²) in [6, 6.07) is 8.59. The van der Waals surface area contributed by atoms with Gasteiger partial charge in [0.15, 0.2) is 11.5 Å². The molecule has 0 aromatic heterocycles. The number of benzene rings is 2. The van der Waals surface area contributed by atoms with Crippen molar-refractivity contribution in [1.29, 1.82) is 0 Å². The Balaban J connectivity index is 1.66. The summed E-state index contributed by atoms with van der Waals surface area (Å²) in [5.74, 6) is -1.19. The molecule has 9 heteroatoms. The fourth-order valence-corrected chi connectivity index (χ4v) is 2.27. The van der Waals surface area contributed by atoms with E-state index >= 15 is 0 Å². The van der Waals surface area contributed by atoms with Gasteiger partial charge in [-0.15, -0.1) is 0 Å². The van der Waals surface area contributed by atoms with Crippen LogP contribution in [0, 0.1) is 0 Å². The van der Waals surface area contributed by atoms with Gasteiger partial charge in [-0.1, -0.05) is 6.07 Å². The molecule has 0 aliphatic carbocycles. The van der Waals surface area contributed by atoms with Gasteiger partial charge in [-0.2, -0.15) is 13.2 Å². The number of nitrogens with one attached hydrogen (secondary N) is 2. The summed E-state index contributed by atoms with van der Waals surface area (Å²) in [6.07, 6.45) is -4.55. The quantitative estimate of drug-likeness (QED) is 0.801. The Bertz CT molecular complexity index is 852. The molecule has 0 fully saturated rings. The number of alkyl halides is 3. The van der Waals surface area contributed by atoms with Gasteiger partial charge in [0.25, 0.3) is 0 Å². The Morgan fingerprint density at radius 2 is 1.46 bits per heavy atom. The molecule has 0 atom stereocenters. The lowest BCUT2D eigenvalue weighted by atomic mass is 10.2. The van der Waals surface area contributed by atoms with E-state index in [1.165, 1.54) is 18.2 Å². The van der Waals surface area contributed by atoms with Gasteiger partial charge in [0.1, 0.15) is 13.2 Å². The second-order valence-corrected chi connectivity index (χ2v) is 5.35. The van der Waals surface area contributed by atoms with Gasteiger partial charge in [-0.3, -0.25) is 9.59 Å². The second-order valence-electron chi connectivity index (χ2n) is 5.35. The smallest absolute Gasteiger partial charge is 0.416 e. The molecule has 2 amide bonds. The molecule has 136 valence electrons. The van der Waals surface area contributed by atoms with Crippen LogP contribution < -0.4 is 20.1 Å². The standard InChI is InChI=1S/C17H13F3N2O4/c18-17(19,20)10-2-1-3-11(8-10)21-15(23)16(24)22-12-4-5-13-14(9-12)26-7-6-25-13/h1-5,8-9H,6-7H2,(H,21,23)(H,22,24). The molecule has 0 bridgehead atoms. The highest BCUT2D eigenvalue weighted by Gasteiger charge is 2.30. The van der Waals surface area contributed by atoms with Crippen LogP contribution in [0.3, 0.4) is 0 Å². The molecule has 0 saturated carbocycles. The molecular weight excluding hydrogens is 353 g/mol. The molecule has 0 radical (unpaired) electrons. The molecule has 1 heterocycles. The number of carbonyl (C=O) groups excluding carboxylic acids is 2. The zero-order valence-corrected chi connectivity index (χ0v) is 13.2. The van der Waals surface area contributed by atoms with Crippen LogP contribution in [0.1, 0.15) is 5.56 Å². The molecule has 2 aromatic rings. The van der Waals surface area contributed by atoms with Crippen LogP contribution in [0.25, 0.3) is 0 Å². The first kappa shape index (κ1) is 17.6. The summed E-state index contributed by atoms with van der Waals surface area (Å²) < 4.78 is 48.7. The molecule has 1 aliphatic heterocycles. The first-order valence-corrected chi connectivity index (χ1v) is 7.52. The molecule has 1 aliphatic rings. The van der Waals surface area contributed by atoms with Crippen molar-refractivity contribution in [3.8, 4) is 11.5 Å². The average Bonchev–Trinajstić information content (AvgIpc) is 2.61. The lowest BCUT2D eigenvalue weighted by Crippen LogP contribution is -2.29. The Morgan fingerprint density at radius 1 is 0.846 bits per heavy atom. The van der Waals surface area contributed by atoms with Crippen molar-refractivity contribution in [2.24, 2.45) is 0 Å². The number of halogens is 3. The van der Waals surface area contributed by atoms with Gasteiger partial charge in [0.05, 0.1) is 5.56 Å². The van der Waals surface area contributed by atoms with Crippen LogP contribution >= 0.6 is 0 Å². The number of rotatable bonds is 2. The maximum atomic E-state index is 12.7. The van der Waals surface area contributed by atoms with Gasteiger partial charge < -0.3 is 20.1 Å². The Hall–Kier alpha value is -3.23. The Kier molecular flexibility index (Phi) is 4.70. The van der Waals surface area contributed by atoms with Crippen molar-refractivity contribution in [3.63, 3.8) is 0 Å². The fourth-order valence-electron chi connectivity index (χ4n) is 2.27. The predicted octanol–water partition coefficient (Wildman–Crippen LogP) is 3.05. The Morgan fingerprint density at radius 3 is 2.12 bits per heavy atom. The van der Waals surface area contributed by atoms with Crippen molar-refractivity contribution >= 4 is 23.2 Å². The number of amides is 2. The summed E-state index contributed by atoms with van der Waals surface area (Å²) in [5, 5.41) is 4.48. The van der Waals surface area contributed by atoms with Gasteiger partial charge >= 0.3 is 18.0 Å². The van der Waals surface area contributed by atoms with Gasteiger partial charge in [-0.05, 0) is 30.3 Å². The van der Waals surface area contributed by atoms with E-state index in [-0.39, 0.29) is 5.69 Å². The minimum absolute atomic E-state index is 0.137. The van der Waals surface area contributed by atoms with E-state index in [1.54, 1.807) is 6.07 Å². The molecule has 3 rings (SSSR count). The van der Waals surface area contributed by atoms with Gasteiger partial charge in [0.2, 0.25) is 0 Å². The normalized spacial score (nSPS) is 13.0. The highest BCUT2D eigenvalue weighted by atomic mass is 19.4. The molecule has 2 N–H and O–H groups in total. The third-order valence-electron chi connectivity index (χ3n) is 3.45. The van der Waals surface area contributed by atoms with E-state index < -0.39 is 23.6 Å². The zero-order chi connectivity index (χ0) is 18.7. The first-order chi connectivity index (χ1) is 12.3. The number of anilines is 2. The highest BCUT2D eigenvalue weighted by molar-refractivity contribution is 6.43. The SMILES string of the molecule is O=C(Nc1cccc(C(F)(F)F)c1)C(=O)Nc1ccc2c(c1)OCCO2. The fraction of sp³-hybridized carbons (Fsp3) is 0.176. The van der Waals surface area contributed by atoms with E-state index in [4.69, 9.17) is 9.47 Å². The molecular formula is C17H13F3N2O4. The molecule has 0 spiro atoms. The van der Waals surface area contributed by atoms with Gasteiger partial charge in [-0.25, -0.2) is 0 Å². The lowest BCUT2D eigenvalue weighted by Gasteiger charge is -2.18. The summed E-state index contributed by atoms with van der Waals surface area (Å²) in [7, 11) is 0. The minimum atomic E-state index is -4.55. The van der Waals surface area contributed by atoms with Crippen LogP contribution in [0.5, 0.6) is 11.5 Å². The summed E-state index contributed by atoms with van der Waals surface area (Å²) in [6.45, 7) is 0.776. The van der Waals surface area contributed by atoms with E-state index in [9.17, 15) is 22.8 Å². The van der Waals surface area contributed by atoms with E-state index in [0.717, 1.165) is 18.2 Å². The molecule has 0 unspecified atom stereocenters. The van der Waals surface area contributed by atoms with E-state index in [1.807, 2.05) is 0 Å².